The number of nitrogens with zero attached hydrogens (tertiary/aromatic N) is 3. The predicted molar refractivity (Wildman–Crippen MR) is 115 cm³/mol. The van der Waals surface area contributed by atoms with Crippen LogP contribution in [0.5, 0.6) is 0 Å². The zero-order chi connectivity index (χ0) is 19.7. The first-order valence-corrected chi connectivity index (χ1v) is 10.6. The molecule has 7 heteroatoms. The highest BCUT2D eigenvalue weighted by molar-refractivity contribution is 9.10. The molecule has 2 heterocycles. The Bertz CT molecular complexity index is 1190. The van der Waals surface area contributed by atoms with Gasteiger partial charge in [0.25, 0.3) is 5.56 Å². The Morgan fingerprint density at radius 3 is 2.68 bits per heavy atom. The van der Waals surface area contributed by atoms with Crippen molar-refractivity contribution in [2.75, 3.05) is 0 Å². The average molecular weight is 456 g/mol. The molecule has 1 atom stereocenters. The van der Waals surface area contributed by atoms with E-state index < -0.39 is 0 Å². The lowest BCUT2D eigenvalue weighted by Crippen LogP contribution is -2.27. The summed E-state index contributed by atoms with van der Waals surface area (Å²) in [5.74, 6) is 1.34. The highest BCUT2D eigenvalue weighted by Crippen LogP contribution is 2.27. The molecule has 0 radical (unpaired) electrons. The fourth-order valence-corrected chi connectivity index (χ4v) is 4.42. The van der Waals surface area contributed by atoms with Gasteiger partial charge in [-0.15, -0.1) is 0 Å². The number of halogens is 1. The van der Waals surface area contributed by atoms with Crippen LogP contribution in [0.2, 0.25) is 0 Å². The molecule has 142 valence electrons. The number of aryl methyl sites for hydroxylation is 1. The summed E-state index contributed by atoms with van der Waals surface area (Å²) >= 11 is 4.94. The number of hydrogen-bond donors (Lipinski definition) is 0. The van der Waals surface area contributed by atoms with Crippen molar-refractivity contribution in [2.24, 2.45) is 0 Å². The molecule has 0 aliphatic rings. The van der Waals surface area contributed by atoms with Crippen LogP contribution in [0.4, 0.5) is 0 Å². The molecular formula is C21H18BrN3O2S. The van der Waals surface area contributed by atoms with Crippen LogP contribution in [0, 0.1) is 6.92 Å². The largest absolute Gasteiger partial charge is 0.361 e. The van der Waals surface area contributed by atoms with E-state index in [2.05, 4.69) is 21.1 Å². The number of aromatic nitrogens is 3. The van der Waals surface area contributed by atoms with Crippen molar-refractivity contribution in [1.82, 2.24) is 14.7 Å². The fraction of sp³-hybridized carbons (Fsp3) is 0.190. The fourth-order valence-electron chi connectivity index (χ4n) is 3.10. The minimum absolute atomic E-state index is 0.0542. The molecule has 0 bridgehead atoms. The van der Waals surface area contributed by atoms with Crippen LogP contribution in [-0.4, -0.2) is 14.7 Å². The van der Waals surface area contributed by atoms with Gasteiger partial charge < -0.3 is 4.52 Å². The molecule has 2 aromatic heterocycles. The number of benzene rings is 2. The molecule has 5 nitrogen and oxygen atoms in total. The summed E-state index contributed by atoms with van der Waals surface area (Å²) in [6.45, 7) is 3.88. The van der Waals surface area contributed by atoms with Crippen molar-refractivity contribution in [3.63, 3.8) is 0 Å². The van der Waals surface area contributed by atoms with Crippen LogP contribution in [0.15, 0.2) is 73.5 Å². The van der Waals surface area contributed by atoms with Crippen molar-refractivity contribution in [3.8, 4) is 0 Å². The third-order valence-corrected chi connectivity index (χ3v) is 6.00. The van der Waals surface area contributed by atoms with Gasteiger partial charge in [-0.3, -0.25) is 9.36 Å². The maximum absolute atomic E-state index is 13.4. The van der Waals surface area contributed by atoms with Gasteiger partial charge >= 0.3 is 0 Å². The summed E-state index contributed by atoms with van der Waals surface area (Å²) in [5.41, 5.74) is 2.51. The Morgan fingerprint density at radius 2 is 1.96 bits per heavy atom. The SMILES string of the molecule is Cc1cc(CSc2nc3ccc(Br)cc3c(=O)n2[C@@H](C)c2ccccc2)no1. The Balaban J connectivity index is 1.83. The van der Waals surface area contributed by atoms with Gasteiger partial charge in [-0.1, -0.05) is 63.2 Å². The summed E-state index contributed by atoms with van der Waals surface area (Å²) in [6, 6.07) is 17.3. The van der Waals surface area contributed by atoms with E-state index in [1.54, 1.807) is 4.57 Å². The lowest BCUT2D eigenvalue weighted by molar-refractivity contribution is 0.393. The molecule has 0 aliphatic carbocycles. The van der Waals surface area contributed by atoms with E-state index in [-0.39, 0.29) is 11.6 Å². The molecule has 0 fully saturated rings. The van der Waals surface area contributed by atoms with Crippen LogP contribution >= 0.6 is 27.7 Å². The van der Waals surface area contributed by atoms with Crippen LogP contribution in [0.25, 0.3) is 10.9 Å². The lowest BCUT2D eigenvalue weighted by Gasteiger charge is -2.20. The molecule has 0 unspecified atom stereocenters. The van der Waals surface area contributed by atoms with Gasteiger partial charge in [-0.05, 0) is 37.6 Å². The quantitative estimate of drug-likeness (QED) is 0.299. The van der Waals surface area contributed by atoms with E-state index in [1.165, 1.54) is 11.8 Å². The second-order valence-electron chi connectivity index (χ2n) is 6.54. The van der Waals surface area contributed by atoms with Crippen LogP contribution in [0.3, 0.4) is 0 Å². The van der Waals surface area contributed by atoms with Gasteiger partial charge in [0.2, 0.25) is 0 Å². The summed E-state index contributed by atoms with van der Waals surface area (Å²) in [4.78, 5) is 18.2. The Hall–Kier alpha value is -2.38. The molecule has 4 rings (SSSR count). The lowest BCUT2D eigenvalue weighted by atomic mass is 10.1. The standard InChI is InChI=1S/C21H18BrN3O2S/c1-13-10-17(24-27-13)12-28-21-23-19-9-8-16(22)11-18(19)20(26)25(21)14(2)15-6-4-3-5-7-15/h3-11,14H,12H2,1-2H3/t14-/m0/s1. The Kier molecular flexibility index (Phi) is 5.37. The first-order chi connectivity index (χ1) is 13.5. The normalized spacial score (nSPS) is 12.4. The topological polar surface area (TPSA) is 60.9 Å². The third-order valence-electron chi connectivity index (χ3n) is 4.53. The molecule has 0 spiro atoms. The smallest absolute Gasteiger partial charge is 0.262 e. The summed E-state index contributed by atoms with van der Waals surface area (Å²) < 4.78 is 7.77. The molecule has 0 amide bonds. The van der Waals surface area contributed by atoms with E-state index in [0.717, 1.165) is 21.5 Å². The van der Waals surface area contributed by atoms with Gasteiger partial charge in [0, 0.05) is 16.3 Å². The maximum Gasteiger partial charge on any atom is 0.262 e. The van der Waals surface area contributed by atoms with Crippen LogP contribution < -0.4 is 5.56 Å². The molecule has 2 aromatic carbocycles. The minimum Gasteiger partial charge on any atom is -0.361 e. The van der Waals surface area contributed by atoms with Gasteiger partial charge in [0.05, 0.1) is 22.6 Å². The first-order valence-electron chi connectivity index (χ1n) is 8.84. The van der Waals surface area contributed by atoms with Crippen molar-refractivity contribution in [1.29, 1.82) is 0 Å². The molecule has 4 aromatic rings. The second kappa shape index (κ2) is 7.93. The molecule has 0 saturated carbocycles. The predicted octanol–water partition coefficient (Wildman–Crippen LogP) is 5.36. The molecule has 0 N–H and O–H groups in total. The highest BCUT2D eigenvalue weighted by Gasteiger charge is 2.18. The molecule has 0 saturated heterocycles. The molecular weight excluding hydrogens is 438 g/mol. The molecule has 0 aliphatic heterocycles. The van der Waals surface area contributed by atoms with E-state index in [1.807, 2.05) is 68.4 Å². The number of thioether (sulfide) groups is 1. The van der Waals surface area contributed by atoms with Gasteiger partial charge in [-0.25, -0.2) is 4.98 Å². The number of fused-ring (bicyclic) bond motifs is 1. The summed E-state index contributed by atoms with van der Waals surface area (Å²) in [7, 11) is 0. The van der Waals surface area contributed by atoms with E-state index in [9.17, 15) is 4.79 Å². The van der Waals surface area contributed by atoms with E-state index in [4.69, 9.17) is 9.51 Å². The van der Waals surface area contributed by atoms with E-state index in [0.29, 0.717) is 21.8 Å². The first kappa shape index (κ1) is 19.0. The monoisotopic (exact) mass is 455 g/mol. The Morgan fingerprint density at radius 1 is 1.18 bits per heavy atom. The third kappa shape index (κ3) is 3.77. The minimum atomic E-state index is -0.147. The van der Waals surface area contributed by atoms with Gasteiger partial charge in [0.1, 0.15) is 5.76 Å². The van der Waals surface area contributed by atoms with Gasteiger partial charge in [0.15, 0.2) is 5.16 Å². The summed E-state index contributed by atoms with van der Waals surface area (Å²) in [5, 5.41) is 5.30. The van der Waals surface area contributed by atoms with Crippen LogP contribution in [0.1, 0.15) is 30.0 Å². The molecule has 28 heavy (non-hydrogen) atoms. The second-order valence-corrected chi connectivity index (χ2v) is 8.39. The maximum atomic E-state index is 13.4. The van der Waals surface area contributed by atoms with Crippen molar-refractivity contribution < 1.29 is 4.52 Å². The highest BCUT2D eigenvalue weighted by atomic mass is 79.9. The average Bonchev–Trinajstić information content (AvgIpc) is 3.12. The zero-order valence-corrected chi connectivity index (χ0v) is 17.8. The number of hydrogen-bond acceptors (Lipinski definition) is 5. The Labute approximate surface area is 174 Å². The zero-order valence-electron chi connectivity index (χ0n) is 15.4. The number of rotatable bonds is 5. The van der Waals surface area contributed by atoms with Crippen molar-refractivity contribution >= 4 is 38.6 Å². The summed E-state index contributed by atoms with van der Waals surface area (Å²) in [6.07, 6.45) is 0. The van der Waals surface area contributed by atoms with E-state index >= 15 is 0 Å². The van der Waals surface area contributed by atoms with Gasteiger partial charge in [-0.2, -0.15) is 0 Å². The van der Waals surface area contributed by atoms with Crippen molar-refractivity contribution in [2.45, 2.75) is 30.8 Å². The van der Waals surface area contributed by atoms with Crippen LogP contribution in [-0.2, 0) is 5.75 Å². The van der Waals surface area contributed by atoms with Crippen molar-refractivity contribution in [3.05, 3.63) is 86.4 Å².